The maximum absolute atomic E-state index is 12.6. The molecule has 1 saturated carbocycles. The van der Waals surface area contributed by atoms with Crippen LogP contribution in [0.5, 0.6) is 0 Å². The quantitative estimate of drug-likeness (QED) is 0.457. The molecule has 2 aliphatic rings. The van der Waals surface area contributed by atoms with Gasteiger partial charge in [-0.1, -0.05) is 25.0 Å². The van der Waals surface area contributed by atoms with Crippen LogP contribution in [-0.2, 0) is 9.59 Å². The van der Waals surface area contributed by atoms with Crippen LogP contribution in [0.15, 0.2) is 24.3 Å². The number of carbonyl (C=O) groups is 3. The van der Waals surface area contributed by atoms with Crippen LogP contribution in [0.1, 0.15) is 50.6 Å². The third kappa shape index (κ3) is 3.56. The number of nitrogens with one attached hydrogen (secondary N) is 1. The van der Waals surface area contributed by atoms with E-state index in [2.05, 4.69) is 5.32 Å². The number of nitro benzene ring substituents is 1. The van der Waals surface area contributed by atoms with E-state index < -0.39 is 16.5 Å². The molecule has 150 valence electrons. The minimum absolute atomic E-state index is 0.00497. The molecule has 0 aromatic heterocycles. The van der Waals surface area contributed by atoms with Gasteiger partial charge < -0.3 is 10.2 Å². The van der Waals surface area contributed by atoms with Crippen LogP contribution in [0.2, 0.25) is 0 Å². The molecular weight excluding hydrogens is 364 g/mol. The molecule has 3 rings (SSSR count). The van der Waals surface area contributed by atoms with Crippen molar-refractivity contribution in [2.24, 2.45) is 0 Å². The van der Waals surface area contributed by atoms with Crippen molar-refractivity contribution in [3.05, 3.63) is 39.9 Å². The van der Waals surface area contributed by atoms with Gasteiger partial charge in [-0.25, -0.2) is 4.79 Å². The summed E-state index contributed by atoms with van der Waals surface area (Å²) in [6, 6.07) is 5.33. The van der Waals surface area contributed by atoms with Crippen LogP contribution in [0.3, 0.4) is 0 Å². The number of hydrogen-bond acceptors (Lipinski definition) is 5. The van der Waals surface area contributed by atoms with Crippen LogP contribution in [0, 0.1) is 10.1 Å². The normalized spacial score (nSPS) is 19.0. The molecular formula is C19H24N4O5. The lowest BCUT2D eigenvalue weighted by Gasteiger charge is -2.26. The molecule has 1 saturated heterocycles. The summed E-state index contributed by atoms with van der Waals surface area (Å²) in [5.41, 5.74) is -0.168. The van der Waals surface area contributed by atoms with Gasteiger partial charge in [0.05, 0.1) is 11.0 Å². The maximum Gasteiger partial charge on any atom is 0.325 e. The molecule has 1 heterocycles. The Morgan fingerprint density at radius 3 is 2.68 bits per heavy atom. The van der Waals surface area contributed by atoms with Gasteiger partial charge >= 0.3 is 6.03 Å². The van der Waals surface area contributed by atoms with Crippen molar-refractivity contribution in [1.82, 2.24) is 15.1 Å². The van der Waals surface area contributed by atoms with Crippen molar-refractivity contribution in [2.45, 2.75) is 50.6 Å². The lowest BCUT2D eigenvalue weighted by Crippen LogP contribution is -2.44. The summed E-state index contributed by atoms with van der Waals surface area (Å²) < 4.78 is 0. The molecule has 0 radical (unpaired) electrons. The monoisotopic (exact) mass is 388 g/mol. The Balaban J connectivity index is 1.61. The third-order valence-electron chi connectivity index (χ3n) is 5.79. The molecule has 1 spiro atoms. The molecule has 9 heteroatoms. The average molecular weight is 388 g/mol. The maximum atomic E-state index is 12.6. The molecule has 0 bridgehead atoms. The molecule has 9 nitrogen and oxygen atoms in total. The minimum Gasteiger partial charge on any atom is -0.339 e. The van der Waals surface area contributed by atoms with Gasteiger partial charge in [0.1, 0.15) is 5.54 Å². The average Bonchev–Trinajstić information content (AvgIpc) is 3.24. The van der Waals surface area contributed by atoms with Gasteiger partial charge in [-0.3, -0.25) is 24.6 Å². The van der Waals surface area contributed by atoms with E-state index in [0.717, 1.165) is 17.7 Å². The molecule has 1 aliphatic heterocycles. The summed E-state index contributed by atoms with van der Waals surface area (Å²) in [5, 5.41) is 13.7. The third-order valence-corrected chi connectivity index (χ3v) is 5.79. The van der Waals surface area contributed by atoms with Gasteiger partial charge in [0.2, 0.25) is 5.91 Å². The summed E-state index contributed by atoms with van der Waals surface area (Å²) >= 11 is 0. The first kappa shape index (κ1) is 19.8. The lowest BCUT2D eigenvalue weighted by molar-refractivity contribution is -0.384. The van der Waals surface area contributed by atoms with E-state index in [9.17, 15) is 24.5 Å². The molecule has 0 unspecified atom stereocenters. The van der Waals surface area contributed by atoms with E-state index >= 15 is 0 Å². The number of benzene rings is 1. The van der Waals surface area contributed by atoms with Crippen molar-refractivity contribution in [1.29, 1.82) is 0 Å². The van der Waals surface area contributed by atoms with Gasteiger partial charge in [-0.05, 0) is 25.3 Å². The Morgan fingerprint density at radius 2 is 2.04 bits per heavy atom. The van der Waals surface area contributed by atoms with Crippen LogP contribution < -0.4 is 5.32 Å². The summed E-state index contributed by atoms with van der Waals surface area (Å²) in [7, 11) is 1.61. The van der Waals surface area contributed by atoms with Crippen LogP contribution in [0.4, 0.5) is 10.5 Å². The fourth-order valence-corrected chi connectivity index (χ4v) is 3.92. The van der Waals surface area contributed by atoms with Gasteiger partial charge in [0, 0.05) is 32.1 Å². The second-order valence-electron chi connectivity index (χ2n) is 7.46. The Morgan fingerprint density at radius 1 is 1.36 bits per heavy atom. The Bertz CT molecular complexity index is 818. The predicted molar refractivity (Wildman–Crippen MR) is 100 cm³/mol. The van der Waals surface area contributed by atoms with Gasteiger partial charge in [0.15, 0.2) is 0 Å². The summed E-state index contributed by atoms with van der Waals surface area (Å²) in [5.74, 6) is -0.482. The molecule has 28 heavy (non-hydrogen) atoms. The van der Waals surface area contributed by atoms with Gasteiger partial charge in [-0.15, -0.1) is 0 Å². The first-order valence-electron chi connectivity index (χ1n) is 9.39. The molecule has 1 N–H and O–H groups in total. The molecule has 1 aliphatic carbocycles. The first-order chi connectivity index (χ1) is 13.2. The zero-order chi connectivity index (χ0) is 20.5. The zero-order valence-electron chi connectivity index (χ0n) is 16.0. The number of non-ortho nitro benzene ring substituents is 1. The van der Waals surface area contributed by atoms with Crippen molar-refractivity contribution in [3.8, 4) is 0 Å². The van der Waals surface area contributed by atoms with Crippen molar-refractivity contribution in [2.75, 3.05) is 13.6 Å². The van der Waals surface area contributed by atoms with Crippen molar-refractivity contribution in [3.63, 3.8) is 0 Å². The highest BCUT2D eigenvalue weighted by Crippen LogP contribution is 2.35. The smallest absolute Gasteiger partial charge is 0.325 e. The highest BCUT2D eigenvalue weighted by Gasteiger charge is 2.52. The number of nitrogens with zero attached hydrogens (tertiary/aromatic N) is 3. The summed E-state index contributed by atoms with van der Waals surface area (Å²) in [4.78, 5) is 50.5. The standard InChI is InChI=1S/C19H24N4O5/c1-13(14-6-5-7-15(12-14)23(27)28)21(2)16(24)8-11-22-17(25)19(20-18(22)26)9-3-4-10-19/h5-7,12-13H,3-4,8-11H2,1-2H3,(H,20,26)/t13-/m0/s1. The molecule has 2 fully saturated rings. The van der Waals surface area contributed by atoms with E-state index in [0.29, 0.717) is 18.4 Å². The summed E-state index contributed by atoms with van der Waals surface area (Å²) in [6.45, 7) is 1.80. The largest absolute Gasteiger partial charge is 0.339 e. The lowest BCUT2D eigenvalue weighted by atomic mass is 9.98. The number of amides is 4. The van der Waals surface area contributed by atoms with Gasteiger partial charge in [-0.2, -0.15) is 0 Å². The number of urea groups is 1. The van der Waals surface area contributed by atoms with Crippen molar-refractivity contribution >= 4 is 23.5 Å². The highest BCUT2D eigenvalue weighted by atomic mass is 16.6. The minimum atomic E-state index is -0.775. The Kier molecular flexibility index (Phi) is 5.35. The molecule has 1 aromatic rings. The summed E-state index contributed by atoms with van der Waals surface area (Å²) in [6.07, 6.45) is 3.10. The number of hydrogen-bond donors (Lipinski definition) is 1. The van der Waals surface area contributed by atoms with E-state index in [1.807, 2.05) is 0 Å². The van der Waals surface area contributed by atoms with Crippen LogP contribution in [0.25, 0.3) is 0 Å². The van der Waals surface area contributed by atoms with Crippen molar-refractivity contribution < 1.29 is 19.3 Å². The van der Waals surface area contributed by atoms with E-state index in [1.54, 1.807) is 26.1 Å². The topological polar surface area (TPSA) is 113 Å². The van der Waals surface area contributed by atoms with Gasteiger partial charge in [0.25, 0.3) is 11.6 Å². The van der Waals surface area contributed by atoms with E-state index in [-0.39, 0.29) is 36.5 Å². The van der Waals surface area contributed by atoms with E-state index in [4.69, 9.17) is 0 Å². The van der Waals surface area contributed by atoms with Crippen LogP contribution >= 0.6 is 0 Å². The van der Waals surface area contributed by atoms with E-state index in [1.165, 1.54) is 17.0 Å². The fourth-order valence-electron chi connectivity index (χ4n) is 3.92. The SMILES string of the molecule is C[C@@H](c1cccc([N+](=O)[O-])c1)N(C)C(=O)CCN1C(=O)NC2(CCCC2)C1=O. The predicted octanol–water partition coefficient (Wildman–Crippen LogP) is 2.37. The molecule has 1 atom stereocenters. The zero-order valence-corrected chi connectivity index (χ0v) is 16.0. The Hall–Kier alpha value is -2.97. The van der Waals surface area contributed by atoms with Crippen LogP contribution in [-0.4, -0.2) is 51.7 Å². The first-order valence-corrected chi connectivity index (χ1v) is 9.39. The second-order valence-corrected chi connectivity index (χ2v) is 7.46. The Labute approximate surface area is 162 Å². The molecule has 4 amide bonds. The number of imide groups is 1. The fraction of sp³-hybridized carbons (Fsp3) is 0.526. The molecule has 1 aromatic carbocycles. The number of carbonyl (C=O) groups excluding carboxylic acids is 3. The number of nitro groups is 1. The second kappa shape index (κ2) is 7.57. The highest BCUT2D eigenvalue weighted by molar-refractivity contribution is 6.07. The number of rotatable bonds is 6.